The highest BCUT2D eigenvalue weighted by Crippen LogP contribution is 2.25. The van der Waals surface area contributed by atoms with Crippen molar-refractivity contribution in [1.29, 1.82) is 0 Å². The molecular weight excluding hydrogens is 238 g/mol. The second kappa shape index (κ2) is 5.61. The van der Waals surface area contributed by atoms with E-state index in [-0.39, 0.29) is 0 Å². The van der Waals surface area contributed by atoms with Gasteiger partial charge in [0.1, 0.15) is 5.75 Å². The van der Waals surface area contributed by atoms with E-state index in [1.54, 1.807) is 0 Å². The Balaban J connectivity index is 1.59. The predicted molar refractivity (Wildman–Crippen MR) is 76.4 cm³/mol. The Bertz CT molecular complexity index is 529. The number of nitrogens with zero attached hydrogens (tertiary/aromatic N) is 1. The molecule has 102 valence electrons. The lowest BCUT2D eigenvalue weighted by Gasteiger charge is -2.29. The molecule has 0 aliphatic heterocycles. The van der Waals surface area contributed by atoms with Crippen molar-refractivity contribution in [1.82, 2.24) is 15.5 Å². The Kier molecular flexibility index (Phi) is 3.69. The molecule has 2 N–H and O–H groups in total. The molecule has 4 nitrogen and oxygen atoms in total. The van der Waals surface area contributed by atoms with Gasteiger partial charge in [0.15, 0.2) is 0 Å². The molecule has 1 aliphatic carbocycles. The monoisotopic (exact) mass is 259 g/mol. The summed E-state index contributed by atoms with van der Waals surface area (Å²) in [5, 5.41) is 11.6. The Labute approximate surface area is 113 Å². The van der Waals surface area contributed by atoms with Gasteiger partial charge >= 0.3 is 0 Å². The Morgan fingerprint density at radius 3 is 2.95 bits per heavy atom. The van der Waals surface area contributed by atoms with E-state index in [0.717, 1.165) is 36.0 Å². The SMILES string of the molecule is CCNC1CCC(Oc2ccc3[nH]ncc3c2)CC1. The van der Waals surface area contributed by atoms with Crippen LogP contribution in [0.15, 0.2) is 24.4 Å². The standard InChI is InChI=1S/C15H21N3O/c1-2-16-12-3-5-13(6-4-12)19-14-7-8-15-11(9-14)10-17-18-15/h7-10,12-13,16H,2-6H2,1H3,(H,17,18). The van der Waals surface area contributed by atoms with Gasteiger partial charge in [-0.25, -0.2) is 0 Å². The fourth-order valence-corrected chi connectivity index (χ4v) is 2.86. The average Bonchev–Trinajstić information content (AvgIpc) is 2.89. The molecule has 0 bridgehead atoms. The van der Waals surface area contributed by atoms with Crippen molar-refractivity contribution < 1.29 is 4.74 Å². The highest BCUT2D eigenvalue weighted by Gasteiger charge is 2.21. The fraction of sp³-hybridized carbons (Fsp3) is 0.533. The number of aromatic amines is 1. The molecule has 1 aliphatic rings. The van der Waals surface area contributed by atoms with Gasteiger partial charge in [0.05, 0.1) is 17.8 Å². The Morgan fingerprint density at radius 2 is 2.16 bits per heavy atom. The van der Waals surface area contributed by atoms with Crippen LogP contribution in [0.5, 0.6) is 5.75 Å². The minimum Gasteiger partial charge on any atom is -0.490 e. The molecule has 0 amide bonds. The first-order chi connectivity index (χ1) is 9.35. The first-order valence-electron chi connectivity index (χ1n) is 7.18. The van der Waals surface area contributed by atoms with Gasteiger partial charge in [-0.15, -0.1) is 0 Å². The topological polar surface area (TPSA) is 49.9 Å². The molecule has 0 unspecified atom stereocenters. The summed E-state index contributed by atoms with van der Waals surface area (Å²) in [6.07, 6.45) is 6.91. The zero-order valence-electron chi connectivity index (χ0n) is 11.4. The van der Waals surface area contributed by atoms with Gasteiger partial charge in [-0.2, -0.15) is 5.10 Å². The van der Waals surface area contributed by atoms with Gasteiger partial charge in [-0.1, -0.05) is 6.92 Å². The van der Waals surface area contributed by atoms with Crippen LogP contribution in [-0.2, 0) is 0 Å². The number of fused-ring (bicyclic) bond motifs is 1. The molecule has 1 saturated carbocycles. The number of rotatable bonds is 4. The van der Waals surface area contributed by atoms with E-state index >= 15 is 0 Å². The summed E-state index contributed by atoms with van der Waals surface area (Å²) in [6.45, 7) is 3.23. The zero-order valence-corrected chi connectivity index (χ0v) is 11.4. The maximum absolute atomic E-state index is 6.09. The number of ether oxygens (including phenoxy) is 1. The van der Waals surface area contributed by atoms with Crippen LogP contribution in [0.4, 0.5) is 0 Å². The summed E-state index contributed by atoms with van der Waals surface area (Å²) in [7, 11) is 0. The van der Waals surface area contributed by atoms with Crippen molar-refractivity contribution in [3.8, 4) is 5.75 Å². The third kappa shape index (κ3) is 2.89. The molecule has 4 heteroatoms. The number of aromatic nitrogens is 2. The van der Waals surface area contributed by atoms with E-state index in [4.69, 9.17) is 4.74 Å². The van der Waals surface area contributed by atoms with E-state index in [2.05, 4.69) is 28.5 Å². The second-order valence-electron chi connectivity index (χ2n) is 5.27. The number of benzene rings is 1. The normalized spacial score (nSPS) is 23.6. The molecule has 1 aromatic heterocycles. The molecule has 0 spiro atoms. The predicted octanol–water partition coefficient (Wildman–Crippen LogP) is 2.86. The maximum atomic E-state index is 6.09. The summed E-state index contributed by atoms with van der Waals surface area (Å²) in [6, 6.07) is 6.80. The summed E-state index contributed by atoms with van der Waals surface area (Å²) in [5.74, 6) is 0.959. The smallest absolute Gasteiger partial charge is 0.120 e. The lowest BCUT2D eigenvalue weighted by molar-refractivity contribution is 0.140. The summed E-state index contributed by atoms with van der Waals surface area (Å²) in [5.41, 5.74) is 1.06. The van der Waals surface area contributed by atoms with Gasteiger partial charge in [-0.3, -0.25) is 5.10 Å². The van der Waals surface area contributed by atoms with E-state index in [0.29, 0.717) is 12.1 Å². The van der Waals surface area contributed by atoms with Crippen LogP contribution in [0.3, 0.4) is 0 Å². The van der Waals surface area contributed by atoms with Crippen molar-refractivity contribution in [2.24, 2.45) is 0 Å². The van der Waals surface area contributed by atoms with Gasteiger partial charge in [0.25, 0.3) is 0 Å². The highest BCUT2D eigenvalue weighted by molar-refractivity contribution is 5.79. The average molecular weight is 259 g/mol. The largest absolute Gasteiger partial charge is 0.490 e. The van der Waals surface area contributed by atoms with Crippen LogP contribution in [0.25, 0.3) is 10.9 Å². The number of hydrogen-bond donors (Lipinski definition) is 2. The molecule has 0 atom stereocenters. The van der Waals surface area contributed by atoms with Gasteiger partial charge in [0, 0.05) is 11.4 Å². The van der Waals surface area contributed by atoms with Crippen molar-refractivity contribution in [2.75, 3.05) is 6.54 Å². The van der Waals surface area contributed by atoms with Crippen LogP contribution in [0.2, 0.25) is 0 Å². The Hall–Kier alpha value is -1.55. The molecule has 0 saturated heterocycles. The van der Waals surface area contributed by atoms with Crippen molar-refractivity contribution in [3.63, 3.8) is 0 Å². The third-order valence-corrected chi connectivity index (χ3v) is 3.88. The van der Waals surface area contributed by atoms with Gasteiger partial charge in [0.2, 0.25) is 0 Å². The molecule has 0 radical (unpaired) electrons. The molecule has 19 heavy (non-hydrogen) atoms. The lowest BCUT2D eigenvalue weighted by atomic mass is 9.93. The van der Waals surface area contributed by atoms with Crippen molar-refractivity contribution in [3.05, 3.63) is 24.4 Å². The van der Waals surface area contributed by atoms with Gasteiger partial charge < -0.3 is 10.1 Å². The van der Waals surface area contributed by atoms with E-state index < -0.39 is 0 Å². The summed E-state index contributed by atoms with van der Waals surface area (Å²) in [4.78, 5) is 0. The first kappa shape index (κ1) is 12.5. The molecular formula is C15H21N3O. The molecule has 1 heterocycles. The van der Waals surface area contributed by atoms with Crippen LogP contribution >= 0.6 is 0 Å². The van der Waals surface area contributed by atoms with Crippen LogP contribution < -0.4 is 10.1 Å². The first-order valence-corrected chi connectivity index (χ1v) is 7.18. The molecule has 2 aromatic rings. The summed E-state index contributed by atoms with van der Waals surface area (Å²) < 4.78 is 6.09. The van der Waals surface area contributed by atoms with Gasteiger partial charge in [-0.05, 0) is 50.4 Å². The number of hydrogen-bond acceptors (Lipinski definition) is 3. The van der Waals surface area contributed by atoms with Crippen LogP contribution in [-0.4, -0.2) is 28.9 Å². The minimum absolute atomic E-state index is 0.360. The minimum atomic E-state index is 0.360. The number of H-pyrrole nitrogens is 1. The van der Waals surface area contributed by atoms with E-state index in [1.165, 1.54) is 12.8 Å². The fourth-order valence-electron chi connectivity index (χ4n) is 2.86. The molecule has 1 fully saturated rings. The maximum Gasteiger partial charge on any atom is 0.120 e. The van der Waals surface area contributed by atoms with E-state index in [9.17, 15) is 0 Å². The number of nitrogens with one attached hydrogen (secondary N) is 2. The Morgan fingerprint density at radius 1 is 1.32 bits per heavy atom. The van der Waals surface area contributed by atoms with Crippen molar-refractivity contribution >= 4 is 10.9 Å². The van der Waals surface area contributed by atoms with E-state index in [1.807, 2.05) is 18.3 Å². The zero-order chi connectivity index (χ0) is 13.1. The highest BCUT2D eigenvalue weighted by atomic mass is 16.5. The second-order valence-corrected chi connectivity index (χ2v) is 5.27. The quantitative estimate of drug-likeness (QED) is 0.887. The van der Waals surface area contributed by atoms with Crippen molar-refractivity contribution in [2.45, 2.75) is 44.8 Å². The molecule has 1 aromatic carbocycles. The van der Waals surface area contributed by atoms with Crippen LogP contribution in [0.1, 0.15) is 32.6 Å². The van der Waals surface area contributed by atoms with Crippen LogP contribution in [0, 0.1) is 0 Å². The molecule has 3 rings (SSSR count). The third-order valence-electron chi connectivity index (χ3n) is 3.88. The summed E-state index contributed by atoms with van der Waals surface area (Å²) >= 11 is 0. The lowest BCUT2D eigenvalue weighted by Crippen LogP contribution is -2.36.